The maximum absolute atomic E-state index is 12.1. The Morgan fingerprint density at radius 1 is 1.21 bits per heavy atom. The summed E-state index contributed by atoms with van der Waals surface area (Å²) in [5, 5.41) is 6.16. The van der Waals surface area contributed by atoms with Crippen molar-refractivity contribution in [1.29, 1.82) is 0 Å². The van der Waals surface area contributed by atoms with Gasteiger partial charge in [-0.25, -0.2) is 0 Å². The zero-order chi connectivity index (χ0) is 13.7. The molecule has 1 aliphatic rings. The molecule has 1 fully saturated rings. The molecule has 19 heavy (non-hydrogen) atoms. The van der Waals surface area contributed by atoms with Gasteiger partial charge in [-0.05, 0) is 48.9 Å². The highest BCUT2D eigenvalue weighted by Crippen LogP contribution is 2.40. The highest BCUT2D eigenvalue weighted by atomic mass is 16.1. The van der Waals surface area contributed by atoms with Crippen molar-refractivity contribution in [3.8, 4) is 0 Å². The van der Waals surface area contributed by atoms with Crippen LogP contribution in [0.1, 0.15) is 49.4 Å². The summed E-state index contributed by atoms with van der Waals surface area (Å²) in [6, 6.07) is 7.60. The van der Waals surface area contributed by atoms with Gasteiger partial charge in [0.2, 0.25) is 0 Å². The molecule has 2 rings (SSSR count). The zero-order valence-electron chi connectivity index (χ0n) is 12.0. The molecule has 0 unspecified atom stereocenters. The molecule has 1 amide bonds. The highest BCUT2D eigenvalue weighted by Gasteiger charge is 2.32. The molecule has 104 valence electrons. The summed E-state index contributed by atoms with van der Waals surface area (Å²) >= 11 is 0. The zero-order valence-corrected chi connectivity index (χ0v) is 12.0. The van der Waals surface area contributed by atoms with Crippen molar-refractivity contribution in [1.82, 2.24) is 5.32 Å². The summed E-state index contributed by atoms with van der Waals surface area (Å²) in [4.78, 5) is 12.1. The Morgan fingerprint density at radius 2 is 1.84 bits per heavy atom. The van der Waals surface area contributed by atoms with Crippen LogP contribution < -0.4 is 10.6 Å². The second kappa shape index (κ2) is 6.09. The van der Waals surface area contributed by atoms with Crippen molar-refractivity contribution in [2.45, 2.75) is 39.0 Å². The van der Waals surface area contributed by atoms with Crippen molar-refractivity contribution in [2.24, 2.45) is 5.41 Å². The van der Waals surface area contributed by atoms with E-state index in [1.54, 1.807) is 0 Å². The Kier molecular flexibility index (Phi) is 4.46. The maximum atomic E-state index is 12.1. The van der Waals surface area contributed by atoms with Gasteiger partial charge in [0, 0.05) is 24.8 Å². The third-order valence-electron chi connectivity index (χ3n) is 4.47. The van der Waals surface area contributed by atoms with Gasteiger partial charge in [0.15, 0.2) is 0 Å². The molecule has 0 saturated heterocycles. The first-order valence-electron chi connectivity index (χ1n) is 7.25. The SMILES string of the molecule is CCC1(CNC(=O)c2ccc(NC)cc2)CCCC1. The molecule has 0 heterocycles. The second-order valence-electron chi connectivity index (χ2n) is 5.57. The second-order valence-corrected chi connectivity index (χ2v) is 5.57. The van der Waals surface area contributed by atoms with Gasteiger partial charge < -0.3 is 10.6 Å². The molecule has 0 bridgehead atoms. The van der Waals surface area contributed by atoms with E-state index in [4.69, 9.17) is 0 Å². The average molecular weight is 260 g/mol. The molecule has 3 nitrogen and oxygen atoms in total. The third-order valence-corrected chi connectivity index (χ3v) is 4.47. The minimum Gasteiger partial charge on any atom is -0.388 e. The Balaban J connectivity index is 1.93. The Bertz CT molecular complexity index is 419. The summed E-state index contributed by atoms with van der Waals surface area (Å²) in [6.07, 6.45) is 6.28. The minimum absolute atomic E-state index is 0.0439. The number of rotatable bonds is 5. The Hall–Kier alpha value is -1.51. The monoisotopic (exact) mass is 260 g/mol. The topological polar surface area (TPSA) is 41.1 Å². The normalized spacial score (nSPS) is 17.2. The van der Waals surface area contributed by atoms with Gasteiger partial charge in [-0.2, -0.15) is 0 Å². The van der Waals surface area contributed by atoms with E-state index in [0.717, 1.165) is 24.2 Å². The number of hydrogen-bond acceptors (Lipinski definition) is 2. The van der Waals surface area contributed by atoms with E-state index in [0.29, 0.717) is 5.41 Å². The van der Waals surface area contributed by atoms with Crippen LogP contribution >= 0.6 is 0 Å². The molecule has 2 N–H and O–H groups in total. The summed E-state index contributed by atoms with van der Waals surface area (Å²) in [7, 11) is 1.88. The fourth-order valence-electron chi connectivity index (χ4n) is 2.94. The van der Waals surface area contributed by atoms with Crippen molar-refractivity contribution in [2.75, 3.05) is 18.9 Å². The smallest absolute Gasteiger partial charge is 0.251 e. The maximum Gasteiger partial charge on any atom is 0.251 e. The number of anilines is 1. The number of nitrogens with one attached hydrogen (secondary N) is 2. The van der Waals surface area contributed by atoms with E-state index in [-0.39, 0.29) is 5.91 Å². The quantitative estimate of drug-likeness (QED) is 0.851. The molecule has 0 aliphatic heterocycles. The first kappa shape index (κ1) is 13.9. The standard InChI is InChI=1S/C16H24N2O/c1-3-16(10-4-5-11-16)12-18-15(19)13-6-8-14(17-2)9-7-13/h6-9,17H,3-5,10-12H2,1-2H3,(H,18,19). The summed E-state index contributed by atoms with van der Waals surface area (Å²) in [5.74, 6) is 0.0439. The predicted octanol–water partition coefficient (Wildman–Crippen LogP) is 3.43. The molecule has 1 aromatic rings. The predicted molar refractivity (Wildman–Crippen MR) is 79.5 cm³/mol. The van der Waals surface area contributed by atoms with Crippen molar-refractivity contribution >= 4 is 11.6 Å². The van der Waals surface area contributed by atoms with Crippen molar-refractivity contribution < 1.29 is 4.79 Å². The van der Waals surface area contributed by atoms with Crippen LogP contribution in [0.4, 0.5) is 5.69 Å². The fraction of sp³-hybridized carbons (Fsp3) is 0.562. The van der Waals surface area contributed by atoms with E-state index in [9.17, 15) is 4.79 Å². The third kappa shape index (κ3) is 3.28. The lowest BCUT2D eigenvalue weighted by atomic mass is 9.83. The molecule has 0 spiro atoms. The van der Waals surface area contributed by atoms with Crippen LogP contribution in [0.25, 0.3) is 0 Å². The lowest BCUT2D eigenvalue weighted by Gasteiger charge is -2.27. The number of carbonyl (C=O) groups is 1. The van der Waals surface area contributed by atoms with Crippen LogP contribution in [0.3, 0.4) is 0 Å². The van der Waals surface area contributed by atoms with Crippen molar-refractivity contribution in [3.05, 3.63) is 29.8 Å². The number of benzene rings is 1. The fourth-order valence-corrected chi connectivity index (χ4v) is 2.94. The molecular formula is C16H24N2O. The lowest BCUT2D eigenvalue weighted by molar-refractivity contribution is 0.0929. The lowest BCUT2D eigenvalue weighted by Crippen LogP contribution is -2.35. The summed E-state index contributed by atoms with van der Waals surface area (Å²) in [5.41, 5.74) is 2.11. The molecule has 3 heteroatoms. The van der Waals surface area contributed by atoms with Crippen LogP contribution in [0.15, 0.2) is 24.3 Å². The molecule has 0 aromatic heterocycles. The van der Waals surface area contributed by atoms with Gasteiger partial charge in [0.05, 0.1) is 0 Å². The molecule has 1 saturated carbocycles. The first-order chi connectivity index (χ1) is 9.19. The van der Waals surface area contributed by atoms with Gasteiger partial charge in [0.25, 0.3) is 5.91 Å². The van der Waals surface area contributed by atoms with Crippen LogP contribution in [0, 0.1) is 5.41 Å². The van der Waals surface area contributed by atoms with Crippen LogP contribution in [-0.4, -0.2) is 19.5 Å². The highest BCUT2D eigenvalue weighted by molar-refractivity contribution is 5.94. The largest absolute Gasteiger partial charge is 0.388 e. The summed E-state index contributed by atoms with van der Waals surface area (Å²) < 4.78 is 0. The number of carbonyl (C=O) groups excluding carboxylic acids is 1. The number of hydrogen-bond donors (Lipinski definition) is 2. The van der Waals surface area contributed by atoms with E-state index < -0.39 is 0 Å². The molecule has 1 aromatic carbocycles. The van der Waals surface area contributed by atoms with Crippen LogP contribution in [0.5, 0.6) is 0 Å². The van der Waals surface area contributed by atoms with Crippen LogP contribution in [-0.2, 0) is 0 Å². The van der Waals surface area contributed by atoms with E-state index in [1.165, 1.54) is 25.7 Å². The van der Waals surface area contributed by atoms with Gasteiger partial charge in [0.1, 0.15) is 0 Å². The molecule has 0 atom stereocenters. The van der Waals surface area contributed by atoms with E-state index >= 15 is 0 Å². The van der Waals surface area contributed by atoms with E-state index in [2.05, 4.69) is 17.6 Å². The van der Waals surface area contributed by atoms with Gasteiger partial charge in [-0.3, -0.25) is 4.79 Å². The first-order valence-corrected chi connectivity index (χ1v) is 7.25. The average Bonchev–Trinajstić information content (AvgIpc) is 2.94. The van der Waals surface area contributed by atoms with Crippen molar-refractivity contribution in [3.63, 3.8) is 0 Å². The van der Waals surface area contributed by atoms with Gasteiger partial charge >= 0.3 is 0 Å². The Labute approximate surface area is 115 Å². The minimum atomic E-state index is 0.0439. The Morgan fingerprint density at radius 3 is 2.37 bits per heavy atom. The molecular weight excluding hydrogens is 236 g/mol. The number of amides is 1. The summed E-state index contributed by atoms with van der Waals surface area (Å²) in [6.45, 7) is 3.05. The van der Waals surface area contributed by atoms with Gasteiger partial charge in [-0.15, -0.1) is 0 Å². The van der Waals surface area contributed by atoms with Crippen LogP contribution in [0.2, 0.25) is 0 Å². The van der Waals surface area contributed by atoms with Gasteiger partial charge in [-0.1, -0.05) is 19.8 Å². The molecule has 0 radical (unpaired) electrons. The van der Waals surface area contributed by atoms with E-state index in [1.807, 2.05) is 31.3 Å². The molecule has 1 aliphatic carbocycles.